The number of rotatable bonds is 8. The fourth-order valence-electron chi connectivity index (χ4n) is 3.65. The van der Waals surface area contributed by atoms with Crippen molar-refractivity contribution in [1.29, 1.82) is 0 Å². The number of benzene rings is 3. The maximum Gasteiger partial charge on any atom is 0.231 e. The van der Waals surface area contributed by atoms with E-state index < -0.39 is 0 Å². The minimum Gasteiger partial charge on any atom is -0.454 e. The number of hydrogen-bond acceptors (Lipinski definition) is 2. The molecule has 0 aromatic heterocycles. The number of quaternary nitrogens is 1. The summed E-state index contributed by atoms with van der Waals surface area (Å²) >= 11 is 0. The third kappa shape index (κ3) is 4.69. The molecule has 3 heteroatoms. The van der Waals surface area contributed by atoms with E-state index in [0.717, 1.165) is 37.4 Å². The fraction of sp³-hybridized carbons (Fsp3) is 0.250. The highest BCUT2D eigenvalue weighted by Gasteiger charge is 2.19. The van der Waals surface area contributed by atoms with Crippen LogP contribution < -0.4 is 14.8 Å². The van der Waals surface area contributed by atoms with Gasteiger partial charge < -0.3 is 14.8 Å². The maximum atomic E-state index is 5.59. The number of nitrogens with two attached hydrogens (primary N) is 1. The third-order valence-corrected chi connectivity index (χ3v) is 5.14. The monoisotopic (exact) mass is 360 g/mol. The van der Waals surface area contributed by atoms with Crippen molar-refractivity contribution in [1.82, 2.24) is 0 Å². The van der Waals surface area contributed by atoms with Crippen LogP contribution in [0.3, 0.4) is 0 Å². The molecule has 3 aromatic rings. The summed E-state index contributed by atoms with van der Waals surface area (Å²) in [6, 6.07) is 27.8. The van der Waals surface area contributed by atoms with Crippen molar-refractivity contribution in [2.75, 3.05) is 13.3 Å². The first kappa shape index (κ1) is 17.6. The summed E-state index contributed by atoms with van der Waals surface area (Å²) in [5.74, 6) is 2.20. The van der Waals surface area contributed by atoms with Crippen LogP contribution in [0.5, 0.6) is 11.5 Å². The zero-order valence-corrected chi connectivity index (χ0v) is 15.5. The molecule has 0 radical (unpaired) electrons. The molecule has 2 N–H and O–H groups in total. The molecule has 0 amide bonds. The molecule has 1 unspecified atom stereocenters. The molecule has 0 bridgehead atoms. The lowest BCUT2D eigenvalue weighted by Crippen LogP contribution is -2.82. The average Bonchev–Trinajstić information content (AvgIpc) is 3.20. The van der Waals surface area contributed by atoms with Gasteiger partial charge in [0.15, 0.2) is 11.5 Å². The van der Waals surface area contributed by atoms with Gasteiger partial charge in [-0.15, -0.1) is 0 Å². The molecule has 27 heavy (non-hydrogen) atoms. The molecular weight excluding hydrogens is 334 g/mol. The Kier molecular flexibility index (Phi) is 5.70. The van der Waals surface area contributed by atoms with Gasteiger partial charge in [-0.3, -0.25) is 0 Å². The molecule has 3 nitrogen and oxygen atoms in total. The van der Waals surface area contributed by atoms with E-state index in [1.54, 1.807) is 0 Å². The smallest absolute Gasteiger partial charge is 0.231 e. The van der Waals surface area contributed by atoms with Gasteiger partial charge in [0.25, 0.3) is 0 Å². The first-order chi connectivity index (χ1) is 13.4. The molecule has 0 spiro atoms. The van der Waals surface area contributed by atoms with E-state index in [1.165, 1.54) is 16.7 Å². The second-order valence-corrected chi connectivity index (χ2v) is 7.06. The number of fused-ring (bicyclic) bond motifs is 1. The van der Waals surface area contributed by atoms with Gasteiger partial charge in [-0.1, -0.05) is 66.7 Å². The lowest BCUT2D eigenvalue weighted by molar-refractivity contribution is -0.671. The van der Waals surface area contributed by atoms with E-state index >= 15 is 0 Å². The summed E-state index contributed by atoms with van der Waals surface area (Å²) in [7, 11) is 0. The average molecular weight is 360 g/mol. The zero-order chi connectivity index (χ0) is 18.3. The molecular formula is C24H26NO2+. The van der Waals surface area contributed by atoms with Crippen molar-refractivity contribution in [3.05, 3.63) is 95.6 Å². The minimum absolute atomic E-state index is 0.326. The van der Waals surface area contributed by atoms with Crippen LogP contribution >= 0.6 is 0 Å². The fourth-order valence-corrected chi connectivity index (χ4v) is 3.65. The van der Waals surface area contributed by atoms with Crippen molar-refractivity contribution in [3.63, 3.8) is 0 Å². The Bertz CT molecular complexity index is 849. The van der Waals surface area contributed by atoms with Gasteiger partial charge in [0.05, 0.1) is 6.54 Å². The van der Waals surface area contributed by atoms with Crippen LogP contribution in [0.1, 0.15) is 29.0 Å². The highest BCUT2D eigenvalue weighted by Crippen LogP contribution is 2.36. The van der Waals surface area contributed by atoms with Crippen LogP contribution in [0.4, 0.5) is 0 Å². The summed E-state index contributed by atoms with van der Waals surface area (Å²) in [4.78, 5) is 0. The van der Waals surface area contributed by atoms with E-state index in [0.29, 0.717) is 12.7 Å². The number of ether oxygens (including phenoxy) is 2. The molecule has 138 valence electrons. The van der Waals surface area contributed by atoms with Crippen molar-refractivity contribution in [2.24, 2.45) is 0 Å². The molecule has 0 saturated heterocycles. The first-order valence-corrected chi connectivity index (χ1v) is 9.67. The Hall–Kier alpha value is -2.78. The van der Waals surface area contributed by atoms with E-state index in [9.17, 15) is 0 Å². The predicted octanol–water partition coefficient (Wildman–Crippen LogP) is 3.90. The lowest BCUT2D eigenvalue weighted by atomic mass is 9.89. The van der Waals surface area contributed by atoms with E-state index in [2.05, 4.69) is 78.1 Å². The highest BCUT2D eigenvalue weighted by molar-refractivity contribution is 5.45. The van der Waals surface area contributed by atoms with Crippen molar-refractivity contribution < 1.29 is 14.8 Å². The molecule has 0 fully saturated rings. The largest absolute Gasteiger partial charge is 0.454 e. The molecule has 1 atom stereocenters. The summed E-state index contributed by atoms with van der Waals surface area (Å²) < 4.78 is 11.1. The Balaban J connectivity index is 1.43. The van der Waals surface area contributed by atoms with Gasteiger partial charge >= 0.3 is 0 Å². The van der Waals surface area contributed by atoms with Crippen molar-refractivity contribution in [3.8, 4) is 11.5 Å². The summed E-state index contributed by atoms with van der Waals surface area (Å²) in [5, 5.41) is 2.40. The van der Waals surface area contributed by atoms with Gasteiger partial charge in [0, 0.05) is 12.0 Å². The van der Waals surface area contributed by atoms with Gasteiger partial charge in [-0.2, -0.15) is 0 Å². The van der Waals surface area contributed by atoms with E-state index in [-0.39, 0.29) is 0 Å². The molecule has 1 aliphatic heterocycles. The molecule has 4 rings (SSSR count). The molecule has 3 aromatic carbocycles. The van der Waals surface area contributed by atoms with Crippen LogP contribution in [0.2, 0.25) is 0 Å². The van der Waals surface area contributed by atoms with Crippen LogP contribution in [-0.2, 0) is 13.0 Å². The molecule has 1 heterocycles. The first-order valence-electron chi connectivity index (χ1n) is 9.67. The predicted molar refractivity (Wildman–Crippen MR) is 107 cm³/mol. The van der Waals surface area contributed by atoms with Crippen molar-refractivity contribution >= 4 is 0 Å². The summed E-state index contributed by atoms with van der Waals surface area (Å²) in [6.07, 6.45) is 2.17. The second kappa shape index (κ2) is 8.74. The van der Waals surface area contributed by atoms with Gasteiger partial charge in [-0.05, 0) is 35.6 Å². The van der Waals surface area contributed by atoms with Crippen LogP contribution in [0, 0.1) is 0 Å². The minimum atomic E-state index is 0.326. The van der Waals surface area contributed by atoms with Crippen LogP contribution in [-0.4, -0.2) is 13.3 Å². The topological polar surface area (TPSA) is 35.1 Å². The summed E-state index contributed by atoms with van der Waals surface area (Å²) in [6.45, 7) is 2.45. The third-order valence-electron chi connectivity index (χ3n) is 5.14. The van der Waals surface area contributed by atoms with E-state index in [1.807, 2.05) is 6.07 Å². The molecule has 1 aliphatic rings. The second-order valence-electron chi connectivity index (χ2n) is 7.06. The molecule has 0 saturated carbocycles. The van der Waals surface area contributed by atoms with Gasteiger partial charge in [-0.25, -0.2) is 0 Å². The van der Waals surface area contributed by atoms with Crippen molar-refractivity contribution in [2.45, 2.75) is 25.3 Å². The summed E-state index contributed by atoms with van der Waals surface area (Å²) in [5.41, 5.74) is 4.08. The number of hydrogen-bond donors (Lipinski definition) is 1. The Morgan fingerprint density at radius 3 is 2.26 bits per heavy atom. The SMILES string of the molecule is c1ccc(C[NH2+]CCC(Cc2ccccc2)c2ccc3c(c2)OCO3)cc1. The van der Waals surface area contributed by atoms with Gasteiger partial charge in [0.1, 0.15) is 6.54 Å². The highest BCUT2D eigenvalue weighted by atomic mass is 16.7. The standard InChI is InChI=1S/C24H25NO2/c1-3-7-19(8-4-1)15-22(13-14-25-17-20-9-5-2-6-10-20)21-11-12-23-24(16-21)27-18-26-23/h1-12,16,22,25H,13-15,17-18H2/p+1. The lowest BCUT2D eigenvalue weighted by Gasteiger charge is -2.17. The Morgan fingerprint density at radius 1 is 0.778 bits per heavy atom. The Labute approximate surface area is 161 Å². The van der Waals surface area contributed by atoms with Crippen LogP contribution in [0.25, 0.3) is 0 Å². The van der Waals surface area contributed by atoms with Crippen LogP contribution in [0.15, 0.2) is 78.9 Å². The maximum absolute atomic E-state index is 5.59. The van der Waals surface area contributed by atoms with Gasteiger partial charge in [0.2, 0.25) is 6.79 Å². The normalized spacial score (nSPS) is 13.5. The molecule has 0 aliphatic carbocycles. The Morgan fingerprint density at radius 2 is 1.48 bits per heavy atom. The van der Waals surface area contributed by atoms with E-state index in [4.69, 9.17) is 9.47 Å². The quantitative estimate of drug-likeness (QED) is 0.619. The zero-order valence-electron chi connectivity index (χ0n) is 15.5.